The zero-order valence-corrected chi connectivity index (χ0v) is 10.5. The average Bonchev–Trinajstić information content (AvgIpc) is 2.21. The lowest BCUT2D eigenvalue weighted by atomic mass is 10.1. The minimum Gasteiger partial charge on any atom is -0.504 e. The number of carbonyl (C=O) groups is 1. The number of benzene rings is 1. The van der Waals surface area contributed by atoms with Crippen LogP contribution >= 0.6 is 15.9 Å². The molecule has 1 unspecified atom stereocenters. The molecule has 0 heterocycles. The molecule has 1 aromatic rings. The van der Waals surface area contributed by atoms with Gasteiger partial charge in [-0.25, -0.2) is 0 Å². The molecule has 1 rings (SSSR count). The zero-order valence-electron chi connectivity index (χ0n) is 8.90. The van der Waals surface area contributed by atoms with E-state index in [1.807, 2.05) is 6.92 Å². The summed E-state index contributed by atoms with van der Waals surface area (Å²) in [4.78, 5) is 11.9. The smallest absolute Gasteiger partial charge is 0.255 e. The van der Waals surface area contributed by atoms with E-state index in [1.165, 1.54) is 18.2 Å². The molecule has 0 radical (unpaired) electrons. The molecule has 0 saturated heterocycles. The number of amides is 1. The largest absolute Gasteiger partial charge is 0.504 e. The van der Waals surface area contributed by atoms with Crippen LogP contribution in [0.25, 0.3) is 0 Å². The second-order valence-corrected chi connectivity index (χ2v) is 5.06. The number of alkyl halides is 1. The summed E-state index contributed by atoms with van der Waals surface area (Å²) in [6.07, 6.45) is 0.797. The van der Waals surface area contributed by atoms with Gasteiger partial charge in [0.15, 0.2) is 11.5 Å². The molecule has 0 fully saturated rings. The van der Waals surface area contributed by atoms with Crippen molar-refractivity contribution in [3.8, 4) is 11.5 Å². The Labute approximate surface area is 102 Å². The fourth-order valence-electron chi connectivity index (χ4n) is 1.19. The molecule has 0 aromatic heterocycles. The number of hydrogen-bond acceptors (Lipinski definition) is 3. The van der Waals surface area contributed by atoms with Crippen molar-refractivity contribution >= 4 is 21.8 Å². The minimum absolute atomic E-state index is 0.0854. The lowest BCUT2D eigenvalue weighted by Crippen LogP contribution is -2.25. The Hall–Kier alpha value is -1.23. The van der Waals surface area contributed by atoms with Gasteiger partial charge in [0.25, 0.3) is 5.91 Å². The quantitative estimate of drug-likeness (QED) is 0.586. The van der Waals surface area contributed by atoms with E-state index in [0.717, 1.165) is 6.42 Å². The summed E-state index contributed by atoms with van der Waals surface area (Å²) >= 11 is 3.37. The van der Waals surface area contributed by atoms with E-state index in [2.05, 4.69) is 21.2 Å². The van der Waals surface area contributed by atoms with Gasteiger partial charge in [-0.2, -0.15) is 0 Å². The third-order valence-electron chi connectivity index (χ3n) is 2.09. The van der Waals surface area contributed by atoms with Gasteiger partial charge in [0.05, 0.1) is 5.56 Å². The molecule has 0 spiro atoms. The number of rotatable bonds is 4. The highest BCUT2D eigenvalue weighted by Gasteiger charge is 2.13. The van der Waals surface area contributed by atoms with Gasteiger partial charge in [0.1, 0.15) is 0 Å². The Balaban J connectivity index is 2.63. The molecule has 5 heteroatoms. The first kappa shape index (κ1) is 12.8. The minimum atomic E-state index is -0.387. The molecule has 0 saturated carbocycles. The molecular formula is C11H14BrNO3. The highest BCUT2D eigenvalue weighted by atomic mass is 79.9. The molecule has 0 aliphatic carbocycles. The third-order valence-corrected chi connectivity index (χ3v) is 2.54. The van der Waals surface area contributed by atoms with E-state index in [1.54, 1.807) is 0 Å². The maximum absolute atomic E-state index is 11.6. The van der Waals surface area contributed by atoms with Crippen LogP contribution in [0.5, 0.6) is 11.5 Å². The first-order valence-corrected chi connectivity index (χ1v) is 5.87. The number of phenolic OH excluding ortho intramolecular Hbond substituents is 2. The molecular weight excluding hydrogens is 274 g/mol. The van der Waals surface area contributed by atoms with Gasteiger partial charge in [-0.3, -0.25) is 4.79 Å². The van der Waals surface area contributed by atoms with E-state index in [0.29, 0.717) is 11.4 Å². The number of carbonyl (C=O) groups excluding carboxylic acids is 1. The Bertz CT molecular complexity index is 379. The molecule has 0 aliphatic rings. The standard InChI is InChI=1S/C11H14BrNO3/c1-7(12)5-6-13-11(16)8-3-2-4-9(14)10(8)15/h2-4,7,14-15H,5-6H2,1H3,(H,13,16). The summed E-state index contributed by atoms with van der Waals surface area (Å²) in [6, 6.07) is 4.30. The molecule has 1 amide bonds. The lowest BCUT2D eigenvalue weighted by Gasteiger charge is -2.08. The molecule has 88 valence electrons. The Morgan fingerprint density at radius 2 is 2.19 bits per heavy atom. The number of para-hydroxylation sites is 1. The second kappa shape index (κ2) is 5.75. The van der Waals surface area contributed by atoms with Crippen LogP contribution in [0.15, 0.2) is 18.2 Å². The summed E-state index contributed by atoms with van der Waals surface area (Å²) in [5.41, 5.74) is 0.0854. The van der Waals surface area contributed by atoms with Crippen molar-refractivity contribution in [1.29, 1.82) is 0 Å². The highest BCUT2D eigenvalue weighted by Crippen LogP contribution is 2.27. The second-order valence-electron chi connectivity index (χ2n) is 3.50. The Kier molecular flexibility index (Phi) is 4.61. The van der Waals surface area contributed by atoms with E-state index in [4.69, 9.17) is 0 Å². The number of nitrogens with one attached hydrogen (secondary N) is 1. The highest BCUT2D eigenvalue weighted by molar-refractivity contribution is 9.09. The molecule has 3 N–H and O–H groups in total. The van der Waals surface area contributed by atoms with Gasteiger partial charge in [-0.15, -0.1) is 0 Å². The maximum Gasteiger partial charge on any atom is 0.255 e. The number of halogens is 1. The molecule has 0 bridgehead atoms. The predicted octanol–water partition coefficient (Wildman–Crippen LogP) is 2.00. The summed E-state index contributed by atoms with van der Waals surface area (Å²) in [5, 5.41) is 21.3. The Morgan fingerprint density at radius 1 is 1.50 bits per heavy atom. The topological polar surface area (TPSA) is 69.6 Å². The molecule has 16 heavy (non-hydrogen) atoms. The number of phenols is 2. The normalized spacial score (nSPS) is 12.1. The summed E-state index contributed by atoms with van der Waals surface area (Å²) in [5.74, 6) is -1.06. The van der Waals surface area contributed by atoms with Crippen LogP contribution in [0.2, 0.25) is 0 Å². The van der Waals surface area contributed by atoms with Crippen molar-refractivity contribution in [3.05, 3.63) is 23.8 Å². The van der Waals surface area contributed by atoms with Crippen LogP contribution in [-0.2, 0) is 0 Å². The SMILES string of the molecule is CC(Br)CCNC(=O)c1cccc(O)c1O. The number of hydrogen-bond donors (Lipinski definition) is 3. The van der Waals surface area contributed by atoms with Gasteiger partial charge < -0.3 is 15.5 Å². The number of aromatic hydroxyl groups is 2. The van der Waals surface area contributed by atoms with Crippen molar-refractivity contribution in [1.82, 2.24) is 5.32 Å². The van der Waals surface area contributed by atoms with Gasteiger partial charge in [-0.05, 0) is 18.6 Å². The van der Waals surface area contributed by atoms with Crippen molar-refractivity contribution in [2.45, 2.75) is 18.2 Å². The Morgan fingerprint density at radius 3 is 2.81 bits per heavy atom. The van der Waals surface area contributed by atoms with Crippen molar-refractivity contribution < 1.29 is 15.0 Å². The summed E-state index contributed by atoms with van der Waals surface area (Å²) < 4.78 is 0. The van der Waals surface area contributed by atoms with E-state index < -0.39 is 0 Å². The van der Waals surface area contributed by atoms with Crippen LogP contribution in [0.3, 0.4) is 0 Å². The van der Waals surface area contributed by atoms with Crippen LogP contribution < -0.4 is 5.32 Å². The maximum atomic E-state index is 11.6. The van der Waals surface area contributed by atoms with E-state index >= 15 is 0 Å². The monoisotopic (exact) mass is 287 g/mol. The van der Waals surface area contributed by atoms with E-state index in [-0.39, 0.29) is 23.0 Å². The lowest BCUT2D eigenvalue weighted by molar-refractivity contribution is 0.0950. The van der Waals surface area contributed by atoms with Crippen LogP contribution in [0.1, 0.15) is 23.7 Å². The first-order valence-electron chi connectivity index (χ1n) is 4.95. The van der Waals surface area contributed by atoms with Crippen molar-refractivity contribution in [2.24, 2.45) is 0 Å². The average molecular weight is 288 g/mol. The van der Waals surface area contributed by atoms with Crippen molar-refractivity contribution in [2.75, 3.05) is 6.54 Å². The molecule has 0 aliphatic heterocycles. The van der Waals surface area contributed by atoms with Gasteiger partial charge in [0.2, 0.25) is 0 Å². The first-order chi connectivity index (χ1) is 7.52. The van der Waals surface area contributed by atoms with Gasteiger partial charge in [0, 0.05) is 11.4 Å². The fourth-order valence-corrected chi connectivity index (χ4v) is 1.42. The van der Waals surface area contributed by atoms with Crippen LogP contribution in [0, 0.1) is 0 Å². The predicted molar refractivity (Wildman–Crippen MR) is 65.1 cm³/mol. The molecule has 1 aromatic carbocycles. The zero-order chi connectivity index (χ0) is 12.1. The van der Waals surface area contributed by atoms with Crippen LogP contribution in [-0.4, -0.2) is 27.5 Å². The van der Waals surface area contributed by atoms with Gasteiger partial charge in [-0.1, -0.05) is 28.9 Å². The van der Waals surface area contributed by atoms with E-state index in [9.17, 15) is 15.0 Å². The fraction of sp³-hybridized carbons (Fsp3) is 0.364. The molecule has 4 nitrogen and oxygen atoms in total. The van der Waals surface area contributed by atoms with Crippen molar-refractivity contribution in [3.63, 3.8) is 0 Å². The third kappa shape index (κ3) is 3.41. The molecule has 1 atom stereocenters. The summed E-state index contributed by atoms with van der Waals surface area (Å²) in [6.45, 7) is 2.50. The van der Waals surface area contributed by atoms with Crippen LogP contribution in [0.4, 0.5) is 0 Å². The van der Waals surface area contributed by atoms with Gasteiger partial charge >= 0.3 is 0 Å². The summed E-state index contributed by atoms with van der Waals surface area (Å²) in [7, 11) is 0.